The zero-order valence-corrected chi connectivity index (χ0v) is 31.9. The van der Waals surface area contributed by atoms with Gasteiger partial charge >= 0.3 is 0 Å². The summed E-state index contributed by atoms with van der Waals surface area (Å²) in [7, 11) is 0. The maximum Gasteiger partial charge on any atom is 0.0541 e. The smallest absolute Gasteiger partial charge is 0.0541 e. The van der Waals surface area contributed by atoms with Crippen molar-refractivity contribution in [1.29, 1.82) is 0 Å². The molecular formula is C54H39N3. The lowest BCUT2D eigenvalue weighted by molar-refractivity contribution is 0.660. The molecule has 11 rings (SSSR count). The van der Waals surface area contributed by atoms with Crippen molar-refractivity contribution in [3.63, 3.8) is 0 Å². The second-order valence-corrected chi connectivity index (χ2v) is 15.6. The van der Waals surface area contributed by atoms with Crippen molar-refractivity contribution >= 4 is 49.6 Å². The van der Waals surface area contributed by atoms with Crippen LogP contribution in [-0.2, 0) is 5.41 Å². The van der Waals surface area contributed by atoms with Crippen LogP contribution in [0, 0.1) is 0 Å². The number of fused-ring (bicyclic) bond motifs is 7. The van der Waals surface area contributed by atoms with Gasteiger partial charge in [0.25, 0.3) is 0 Å². The van der Waals surface area contributed by atoms with Crippen LogP contribution in [0.2, 0.25) is 0 Å². The summed E-state index contributed by atoms with van der Waals surface area (Å²) in [5.41, 5.74) is 16.9. The predicted molar refractivity (Wildman–Crippen MR) is 239 cm³/mol. The van der Waals surface area contributed by atoms with E-state index < -0.39 is 0 Å². The van der Waals surface area contributed by atoms with Crippen molar-refractivity contribution in [1.82, 2.24) is 9.55 Å². The number of pyridine rings is 1. The van der Waals surface area contributed by atoms with E-state index in [2.05, 4.69) is 216 Å². The maximum atomic E-state index is 4.24. The molecule has 0 unspecified atom stereocenters. The van der Waals surface area contributed by atoms with E-state index in [0.717, 1.165) is 28.2 Å². The molecule has 0 saturated heterocycles. The van der Waals surface area contributed by atoms with Gasteiger partial charge in [0.05, 0.1) is 16.7 Å². The summed E-state index contributed by atoms with van der Waals surface area (Å²) in [6.07, 6.45) is 3.71. The first-order valence-corrected chi connectivity index (χ1v) is 19.7. The predicted octanol–water partition coefficient (Wildman–Crippen LogP) is 14.4. The minimum atomic E-state index is -0.118. The molecule has 3 heteroatoms. The van der Waals surface area contributed by atoms with Crippen molar-refractivity contribution < 1.29 is 0 Å². The second kappa shape index (κ2) is 12.9. The minimum absolute atomic E-state index is 0.118. The molecule has 0 spiro atoms. The summed E-state index contributed by atoms with van der Waals surface area (Å²) in [5, 5.41) is 4.91. The van der Waals surface area contributed by atoms with Gasteiger partial charge in [-0.15, -0.1) is 0 Å². The van der Waals surface area contributed by atoms with Crippen LogP contribution >= 0.6 is 0 Å². The van der Waals surface area contributed by atoms with Gasteiger partial charge in [-0.2, -0.15) is 0 Å². The number of hydrogen-bond donors (Lipinski definition) is 0. The Morgan fingerprint density at radius 3 is 1.86 bits per heavy atom. The van der Waals surface area contributed by atoms with Gasteiger partial charge in [-0.25, -0.2) is 0 Å². The summed E-state index contributed by atoms with van der Waals surface area (Å²) in [6, 6.07) is 68.9. The Morgan fingerprint density at radius 2 is 1.04 bits per heavy atom. The van der Waals surface area contributed by atoms with E-state index >= 15 is 0 Å². The average Bonchev–Trinajstić information content (AvgIpc) is 3.72. The fourth-order valence-corrected chi connectivity index (χ4v) is 9.33. The van der Waals surface area contributed by atoms with Crippen molar-refractivity contribution in [2.75, 3.05) is 4.90 Å². The van der Waals surface area contributed by atoms with Crippen LogP contribution in [0.4, 0.5) is 17.1 Å². The van der Waals surface area contributed by atoms with Gasteiger partial charge in [-0.3, -0.25) is 4.98 Å². The Balaban J connectivity index is 1.09. The maximum absolute atomic E-state index is 4.24. The highest BCUT2D eigenvalue weighted by molar-refractivity contribution is 6.12. The molecule has 0 N–H and O–H groups in total. The van der Waals surface area contributed by atoms with Crippen molar-refractivity contribution in [3.05, 3.63) is 212 Å². The molecular weight excluding hydrogens is 691 g/mol. The molecule has 0 bridgehead atoms. The van der Waals surface area contributed by atoms with Gasteiger partial charge in [-0.05, 0) is 123 Å². The third kappa shape index (κ3) is 5.23. The summed E-state index contributed by atoms with van der Waals surface area (Å²) in [4.78, 5) is 6.68. The van der Waals surface area contributed by atoms with Crippen LogP contribution in [0.3, 0.4) is 0 Å². The Kier molecular flexibility index (Phi) is 7.52. The molecule has 0 saturated carbocycles. The zero-order chi connectivity index (χ0) is 38.1. The molecule has 0 aliphatic heterocycles. The van der Waals surface area contributed by atoms with E-state index in [-0.39, 0.29) is 5.41 Å². The number of para-hydroxylation sites is 2. The lowest BCUT2D eigenvalue weighted by atomic mass is 9.82. The molecule has 0 amide bonds. The fourth-order valence-electron chi connectivity index (χ4n) is 9.33. The number of aromatic nitrogens is 2. The Bertz CT molecular complexity index is 3140. The molecule has 57 heavy (non-hydrogen) atoms. The van der Waals surface area contributed by atoms with Gasteiger partial charge in [0.15, 0.2) is 0 Å². The molecule has 2 aromatic heterocycles. The highest BCUT2D eigenvalue weighted by atomic mass is 15.1. The average molecular weight is 730 g/mol. The molecule has 270 valence electrons. The monoisotopic (exact) mass is 729 g/mol. The minimum Gasteiger partial charge on any atom is -0.310 e. The molecule has 1 aliphatic carbocycles. The standard InChI is InChI=1S/C54H39N3/c1-54(2)49-18-10-8-15-44(49)45-26-25-41(35-50(45)54)56(40-23-20-36(21-24-40)37-30-32-55-33-31-37)52-29-27-42(43-14-6-7-16-46(43)52)38-22-28-53-48(34-38)47-17-9-11-19-51(47)57(53)39-12-4-3-5-13-39/h3-35H,1-2H3. The topological polar surface area (TPSA) is 21.1 Å². The quantitative estimate of drug-likeness (QED) is 0.170. The summed E-state index contributed by atoms with van der Waals surface area (Å²) >= 11 is 0. The number of rotatable bonds is 6. The molecule has 2 heterocycles. The molecule has 8 aromatic carbocycles. The van der Waals surface area contributed by atoms with E-state index in [9.17, 15) is 0 Å². The molecule has 0 radical (unpaired) electrons. The van der Waals surface area contributed by atoms with Gasteiger partial charge in [0.2, 0.25) is 0 Å². The number of benzene rings is 8. The van der Waals surface area contributed by atoms with Crippen LogP contribution in [0.15, 0.2) is 200 Å². The first-order valence-electron chi connectivity index (χ1n) is 19.7. The van der Waals surface area contributed by atoms with E-state index in [1.807, 2.05) is 12.4 Å². The van der Waals surface area contributed by atoms with Gasteiger partial charge in [0.1, 0.15) is 0 Å². The first kappa shape index (κ1) is 33.1. The van der Waals surface area contributed by atoms with E-state index in [1.54, 1.807) is 0 Å². The molecule has 10 aromatic rings. The molecule has 0 atom stereocenters. The lowest BCUT2D eigenvalue weighted by Gasteiger charge is -2.29. The number of nitrogens with zero attached hydrogens (tertiary/aromatic N) is 3. The molecule has 0 fully saturated rings. The number of hydrogen-bond acceptors (Lipinski definition) is 2. The Morgan fingerprint density at radius 1 is 0.421 bits per heavy atom. The van der Waals surface area contributed by atoms with Crippen molar-refractivity contribution in [3.8, 4) is 39.1 Å². The second-order valence-electron chi connectivity index (χ2n) is 15.6. The highest BCUT2D eigenvalue weighted by Crippen LogP contribution is 2.51. The molecule has 3 nitrogen and oxygen atoms in total. The number of anilines is 3. The lowest BCUT2D eigenvalue weighted by Crippen LogP contribution is -2.16. The summed E-state index contributed by atoms with van der Waals surface area (Å²) < 4.78 is 2.38. The van der Waals surface area contributed by atoms with Crippen LogP contribution in [0.1, 0.15) is 25.0 Å². The van der Waals surface area contributed by atoms with Gasteiger partial charge in [-0.1, -0.05) is 129 Å². The third-order valence-electron chi connectivity index (χ3n) is 12.1. The Labute approximate surface area is 332 Å². The van der Waals surface area contributed by atoms with E-state index in [0.29, 0.717) is 0 Å². The fraction of sp³-hybridized carbons (Fsp3) is 0.0556. The first-order chi connectivity index (χ1) is 28.0. The van der Waals surface area contributed by atoms with Crippen LogP contribution in [0.5, 0.6) is 0 Å². The third-order valence-corrected chi connectivity index (χ3v) is 12.1. The summed E-state index contributed by atoms with van der Waals surface area (Å²) in [5.74, 6) is 0. The Hall–Kier alpha value is -7.23. The van der Waals surface area contributed by atoms with Gasteiger partial charge < -0.3 is 9.47 Å². The van der Waals surface area contributed by atoms with Crippen LogP contribution in [0.25, 0.3) is 71.6 Å². The largest absolute Gasteiger partial charge is 0.310 e. The van der Waals surface area contributed by atoms with E-state index in [4.69, 9.17) is 0 Å². The highest BCUT2D eigenvalue weighted by Gasteiger charge is 2.36. The summed E-state index contributed by atoms with van der Waals surface area (Å²) in [6.45, 7) is 4.71. The SMILES string of the molecule is CC1(C)c2ccccc2-c2ccc(N(c3ccc(-c4ccncc4)cc3)c3ccc(-c4ccc5c(c4)c4ccccc4n5-c4ccccc4)c4ccccc34)cc21. The van der Waals surface area contributed by atoms with Crippen molar-refractivity contribution in [2.45, 2.75) is 19.3 Å². The molecule has 1 aliphatic rings. The van der Waals surface area contributed by atoms with Crippen LogP contribution in [-0.4, -0.2) is 9.55 Å². The normalized spacial score (nSPS) is 12.9. The van der Waals surface area contributed by atoms with E-state index in [1.165, 1.54) is 71.6 Å². The van der Waals surface area contributed by atoms with Gasteiger partial charge in [0, 0.05) is 51.0 Å². The van der Waals surface area contributed by atoms with Crippen LogP contribution < -0.4 is 4.90 Å². The zero-order valence-electron chi connectivity index (χ0n) is 31.9. The van der Waals surface area contributed by atoms with Crippen molar-refractivity contribution in [2.24, 2.45) is 0 Å².